The highest BCUT2D eigenvalue weighted by molar-refractivity contribution is 6.31. The maximum atomic E-state index is 12.6. The Balaban J connectivity index is 1.24. The molecule has 1 atom stereocenters. The summed E-state index contributed by atoms with van der Waals surface area (Å²) in [5.41, 5.74) is 1.44. The Morgan fingerprint density at radius 3 is 2.77 bits per heavy atom. The van der Waals surface area contributed by atoms with Gasteiger partial charge in [-0.3, -0.25) is 18.9 Å². The Morgan fingerprint density at radius 1 is 1.13 bits per heavy atom. The average Bonchev–Trinajstić information content (AvgIpc) is 3.29. The van der Waals surface area contributed by atoms with Gasteiger partial charge in [-0.2, -0.15) is 0 Å². The number of imide groups is 1. The predicted octanol–water partition coefficient (Wildman–Crippen LogP) is 1.94. The zero-order chi connectivity index (χ0) is 21.8. The maximum Gasteiger partial charge on any atom is 0.325 e. The second kappa shape index (κ2) is 9.13. The molecule has 0 aliphatic carbocycles. The molecule has 160 valence electrons. The van der Waals surface area contributed by atoms with Crippen molar-refractivity contribution in [3.8, 4) is 0 Å². The Kier molecular flexibility index (Phi) is 6.13. The van der Waals surface area contributed by atoms with E-state index in [0.29, 0.717) is 23.6 Å². The van der Waals surface area contributed by atoms with Gasteiger partial charge in [-0.15, -0.1) is 10.2 Å². The van der Waals surface area contributed by atoms with Gasteiger partial charge in [0.1, 0.15) is 11.9 Å². The molecule has 4 rings (SSSR count). The highest BCUT2D eigenvalue weighted by Crippen LogP contribution is 2.20. The maximum absolute atomic E-state index is 12.6. The van der Waals surface area contributed by atoms with Gasteiger partial charge in [-0.25, -0.2) is 4.79 Å². The molecule has 4 amide bonds. The molecule has 1 fully saturated rings. The third-order valence-electron chi connectivity index (χ3n) is 5.11. The van der Waals surface area contributed by atoms with Gasteiger partial charge < -0.3 is 10.6 Å². The molecule has 0 bridgehead atoms. The summed E-state index contributed by atoms with van der Waals surface area (Å²) in [6.07, 6.45) is 2.75. The predicted molar refractivity (Wildman–Crippen MR) is 113 cm³/mol. The van der Waals surface area contributed by atoms with Crippen LogP contribution >= 0.6 is 11.6 Å². The first kappa shape index (κ1) is 20.8. The van der Waals surface area contributed by atoms with E-state index in [0.717, 1.165) is 16.4 Å². The van der Waals surface area contributed by atoms with Crippen LogP contribution in [0.3, 0.4) is 0 Å². The van der Waals surface area contributed by atoms with E-state index in [1.165, 1.54) is 0 Å². The van der Waals surface area contributed by atoms with E-state index < -0.39 is 12.1 Å². The lowest BCUT2D eigenvalue weighted by molar-refractivity contribution is -0.128. The molecule has 10 heteroatoms. The van der Waals surface area contributed by atoms with Crippen LogP contribution in [0.2, 0.25) is 5.02 Å². The van der Waals surface area contributed by atoms with Crippen molar-refractivity contribution in [2.45, 2.75) is 31.8 Å². The van der Waals surface area contributed by atoms with Gasteiger partial charge >= 0.3 is 6.03 Å². The van der Waals surface area contributed by atoms with Crippen molar-refractivity contribution in [1.29, 1.82) is 0 Å². The van der Waals surface area contributed by atoms with Crippen LogP contribution in [-0.2, 0) is 22.6 Å². The first-order valence-corrected chi connectivity index (χ1v) is 10.3. The van der Waals surface area contributed by atoms with E-state index in [4.69, 9.17) is 11.6 Å². The molecule has 9 nitrogen and oxygen atoms in total. The minimum atomic E-state index is -0.721. The number of amides is 4. The van der Waals surface area contributed by atoms with Gasteiger partial charge in [0.05, 0.1) is 6.54 Å². The lowest BCUT2D eigenvalue weighted by atomic mass is 10.1. The molecule has 31 heavy (non-hydrogen) atoms. The largest absolute Gasteiger partial charge is 0.356 e. The molecule has 1 aliphatic heterocycles. The second-order valence-corrected chi connectivity index (χ2v) is 7.61. The van der Waals surface area contributed by atoms with Gasteiger partial charge in [-0.05, 0) is 30.2 Å². The number of hydrogen-bond donors (Lipinski definition) is 2. The summed E-state index contributed by atoms with van der Waals surface area (Å²) in [5, 5.41) is 14.1. The normalized spacial score (nSPS) is 16.0. The molecule has 0 radical (unpaired) electrons. The first-order chi connectivity index (χ1) is 15.0. The zero-order valence-electron chi connectivity index (χ0n) is 16.6. The third kappa shape index (κ3) is 4.66. The topological polar surface area (TPSA) is 109 Å². The fourth-order valence-corrected chi connectivity index (χ4v) is 3.65. The number of halogens is 1. The van der Waals surface area contributed by atoms with Gasteiger partial charge in [-0.1, -0.05) is 35.9 Å². The monoisotopic (exact) mass is 440 g/mol. The van der Waals surface area contributed by atoms with Gasteiger partial charge in [0.25, 0.3) is 5.91 Å². The van der Waals surface area contributed by atoms with Crippen molar-refractivity contribution in [2.24, 2.45) is 0 Å². The highest BCUT2D eigenvalue weighted by atomic mass is 35.5. The van der Waals surface area contributed by atoms with E-state index >= 15 is 0 Å². The summed E-state index contributed by atoms with van der Waals surface area (Å²) in [6, 6.07) is 11.5. The Labute approximate surface area is 183 Å². The van der Waals surface area contributed by atoms with Crippen LogP contribution in [0.4, 0.5) is 4.79 Å². The summed E-state index contributed by atoms with van der Waals surface area (Å²) in [7, 11) is 0. The minimum absolute atomic E-state index is 0.0966. The van der Waals surface area contributed by atoms with Crippen molar-refractivity contribution < 1.29 is 14.4 Å². The number of benzene rings is 1. The fraction of sp³-hybridized carbons (Fsp3) is 0.286. The number of carbonyl (C=O) groups excluding carboxylic acids is 3. The quantitative estimate of drug-likeness (QED) is 0.520. The zero-order valence-corrected chi connectivity index (χ0v) is 17.4. The minimum Gasteiger partial charge on any atom is -0.356 e. The van der Waals surface area contributed by atoms with Crippen molar-refractivity contribution in [2.75, 3.05) is 6.54 Å². The Hall–Kier alpha value is -3.46. The van der Waals surface area contributed by atoms with Crippen LogP contribution in [0.25, 0.3) is 5.65 Å². The van der Waals surface area contributed by atoms with Gasteiger partial charge in [0, 0.05) is 30.6 Å². The summed E-state index contributed by atoms with van der Waals surface area (Å²) >= 11 is 6.12. The molecule has 2 aromatic heterocycles. The smallest absolute Gasteiger partial charge is 0.325 e. The van der Waals surface area contributed by atoms with Crippen LogP contribution in [0.5, 0.6) is 0 Å². The highest BCUT2D eigenvalue weighted by Gasteiger charge is 2.38. The van der Waals surface area contributed by atoms with Crippen molar-refractivity contribution in [3.05, 3.63) is 65.1 Å². The molecule has 0 saturated carbocycles. The number of urea groups is 1. The molecule has 0 spiro atoms. The molecule has 1 aliphatic rings. The Bertz CT molecular complexity index is 1130. The van der Waals surface area contributed by atoms with E-state index in [2.05, 4.69) is 20.8 Å². The summed E-state index contributed by atoms with van der Waals surface area (Å²) in [6.45, 7) is 0.497. The number of rotatable bonds is 8. The molecule has 3 aromatic rings. The lowest BCUT2D eigenvalue weighted by Crippen LogP contribution is -2.33. The molecule has 0 unspecified atom stereocenters. The molecular formula is C21H21ClN6O3. The van der Waals surface area contributed by atoms with Gasteiger partial charge in [0.2, 0.25) is 5.91 Å². The Morgan fingerprint density at radius 2 is 1.94 bits per heavy atom. The number of nitrogens with zero attached hydrogens (tertiary/aromatic N) is 4. The SMILES string of the molecule is O=C(CC[C@H]1NC(=O)N(Cc2ccccc2Cl)C1=O)NCCc1nnc2ccccn12. The van der Waals surface area contributed by atoms with Crippen LogP contribution in [-0.4, -0.2) is 49.9 Å². The number of nitrogens with one attached hydrogen (secondary N) is 2. The van der Waals surface area contributed by atoms with Crippen molar-refractivity contribution in [3.63, 3.8) is 0 Å². The summed E-state index contributed by atoms with van der Waals surface area (Å²) in [4.78, 5) is 38.1. The summed E-state index contributed by atoms with van der Waals surface area (Å²) < 4.78 is 1.87. The molecule has 3 heterocycles. The van der Waals surface area contributed by atoms with Crippen LogP contribution < -0.4 is 10.6 Å². The standard InChI is InChI=1S/C21H21ClN6O3/c22-15-6-2-1-5-14(15)13-28-20(30)16(24-21(28)31)8-9-19(29)23-11-10-18-26-25-17-7-3-4-12-27(17)18/h1-7,12,16H,8-11,13H2,(H,23,29)(H,24,31)/t16-/m1/s1. The average molecular weight is 441 g/mol. The number of hydrogen-bond acceptors (Lipinski definition) is 5. The van der Waals surface area contributed by atoms with E-state index in [1.807, 2.05) is 28.8 Å². The van der Waals surface area contributed by atoms with Crippen LogP contribution in [0.1, 0.15) is 24.2 Å². The van der Waals surface area contributed by atoms with E-state index in [1.54, 1.807) is 24.3 Å². The van der Waals surface area contributed by atoms with Gasteiger partial charge in [0.15, 0.2) is 5.65 Å². The molecular weight excluding hydrogens is 420 g/mol. The fourth-order valence-electron chi connectivity index (χ4n) is 3.46. The number of fused-ring (bicyclic) bond motifs is 1. The second-order valence-electron chi connectivity index (χ2n) is 7.20. The molecule has 2 N–H and O–H groups in total. The first-order valence-electron chi connectivity index (χ1n) is 9.93. The van der Waals surface area contributed by atoms with Crippen LogP contribution in [0.15, 0.2) is 48.7 Å². The van der Waals surface area contributed by atoms with E-state index in [9.17, 15) is 14.4 Å². The third-order valence-corrected chi connectivity index (χ3v) is 5.48. The molecule has 1 aromatic carbocycles. The van der Waals surface area contributed by atoms with Crippen molar-refractivity contribution in [1.82, 2.24) is 30.1 Å². The number of aromatic nitrogens is 3. The molecule has 1 saturated heterocycles. The van der Waals surface area contributed by atoms with Crippen molar-refractivity contribution >= 4 is 35.1 Å². The van der Waals surface area contributed by atoms with Crippen LogP contribution in [0, 0.1) is 0 Å². The summed E-state index contributed by atoms with van der Waals surface area (Å²) in [5.74, 6) is 0.206. The number of carbonyl (C=O) groups is 3. The lowest BCUT2D eigenvalue weighted by Gasteiger charge is -2.14. The van der Waals surface area contributed by atoms with E-state index in [-0.39, 0.29) is 31.2 Å². The number of pyridine rings is 1.